The number of hydrogen-bond donors (Lipinski definition) is 1. The van der Waals surface area contributed by atoms with Crippen LogP contribution in [0, 0.1) is 5.82 Å². The highest BCUT2D eigenvalue weighted by molar-refractivity contribution is 5.35. The maximum Gasteiger partial charge on any atom is 0.419 e. The van der Waals surface area contributed by atoms with E-state index in [1.165, 1.54) is 12.1 Å². The van der Waals surface area contributed by atoms with E-state index in [1.54, 1.807) is 18.5 Å². The lowest BCUT2D eigenvalue weighted by Crippen LogP contribution is -2.58. The van der Waals surface area contributed by atoms with Gasteiger partial charge in [0.05, 0.1) is 5.56 Å². The zero-order chi connectivity index (χ0) is 16.4. The Balaban J connectivity index is 1.60. The second-order valence-electron chi connectivity index (χ2n) is 5.30. The van der Waals surface area contributed by atoms with E-state index >= 15 is 0 Å². The summed E-state index contributed by atoms with van der Waals surface area (Å²) in [6, 6.07) is 5.12. The van der Waals surface area contributed by atoms with Gasteiger partial charge in [0.1, 0.15) is 5.82 Å². The second-order valence-corrected chi connectivity index (χ2v) is 5.30. The van der Waals surface area contributed by atoms with E-state index in [2.05, 4.69) is 15.3 Å². The number of halogens is 4. The smallest absolute Gasteiger partial charge is 0.338 e. The van der Waals surface area contributed by atoms with Crippen LogP contribution >= 0.6 is 0 Å². The van der Waals surface area contributed by atoms with Crippen molar-refractivity contribution in [2.24, 2.45) is 0 Å². The minimum atomic E-state index is -4.70. The van der Waals surface area contributed by atoms with Crippen LogP contribution in [0.5, 0.6) is 0 Å². The number of benzene rings is 1. The van der Waals surface area contributed by atoms with Crippen molar-refractivity contribution in [1.82, 2.24) is 15.3 Å². The minimum Gasteiger partial charge on any atom is -0.338 e. The Morgan fingerprint density at radius 1 is 1.13 bits per heavy atom. The molecule has 2 heterocycles. The largest absolute Gasteiger partial charge is 0.419 e. The third-order valence-electron chi connectivity index (χ3n) is 3.68. The molecule has 0 radical (unpaired) electrons. The first-order valence-electron chi connectivity index (χ1n) is 7.05. The third-order valence-corrected chi connectivity index (χ3v) is 3.68. The highest BCUT2D eigenvalue weighted by Gasteiger charge is 2.37. The molecule has 1 aromatic heterocycles. The first kappa shape index (κ1) is 15.7. The van der Waals surface area contributed by atoms with Crippen LogP contribution < -0.4 is 10.2 Å². The van der Waals surface area contributed by atoms with Crippen LogP contribution in [0.4, 0.5) is 23.5 Å². The zero-order valence-corrected chi connectivity index (χ0v) is 12.0. The van der Waals surface area contributed by atoms with Gasteiger partial charge >= 0.3 is 6.18 Å². The molecule has 1 aliphatic heterocycles. The number of anilines is 1. The van der Waals surface area contributed by atoms with E-state index in [9.17, 15) is 17.6 Å². The molecular weight excluding hydrogens is 312 g/mol. The fourth-order valence-electron chi connectivity index (χ4n) is 2.51. The number of nitrogens with zero attached hydrogens (tertiary/aromatic N) is 3. The summed E-state index contributed by atoms with van der Waals surface area (Å²) in [6.07, 6.45) is -1.44. The summed E-state index contributed by atoms with van der Waals surface area (Å²) in [5, 5.41) is 3.01. The van der Waals surface area contributed by atoms with Crippen LogP contribution in [0.25, 0.3) is 0 Å². The van der Waals surface area contributed by atoms with E-state index in [4.69, 9.17) is 0 Å². The lowest BCUT2D eigenvalue weighted by atomic mass is 10.0. The molecule has 4 nitrogen and oxygen atoms in total. The molecule has 0 unspecified atom stereocenters. The van der Waals surface area contributed by atoms with Crippen molar-refractivity contribution in [2.45, 2.75) is 18.8 Å². The molecule has 0 bridgehead atoms. The molecule has 1 fully saturated rings. The van der Waals surface area contributed by atoms with Crippen LogP contribution in [0.1, 0.15) is 11.1 Å². The van der Waals surface area contributed by atoms with Gasteiger partial charge in [-0.3, -0.25) is 0 Å². The zero-order valence-electron chi connectivity index (χ0n) is 12.0. The van der Waals surface area contributed by atoms with Gasteiger partial charge in [0.15, 0.2) is 0 Å². The van der Waals surface area contributed by atoms with E-state index < -0.39 is 17.6 Å². The van der Waals surface area contributed by atoms with E-state index in [0.29, 0.717) is 19.0 Å². The molecule has 1 saturated heterocycles. The van der Waals surface area contributed by atoms with Gasteiger partial charge in [-0.05, 0) is 17.7 Å². The second kappa shape index (κ2) is 6.11. The average molecular weight is 326 g/mol. The van der Waals surface area contributed by atoms with Crippen molar-refractivity contribution in [3.63, 3.8) is 0 Å². The number of nitrogens with one attached hydrogen (secondary N) is 1. The van der Waals surface area contributed by atoms with Crippen molar-refractivity contribution in [2.75, 3.05) is 18.0 Å². The van der Waals surface area contributed by atoms with Crippen molar-refractivity contribution in [3.8, 4) is 0 Å². The van der Waals surface area contributed by atoms with Gasteiger partial charge in [0.25, 0.3) is 0 Å². The predicted octanol–water partition coefficient (Wildman–Crippen LogP) is 2.61. The maximum absolute atomic E-state index is 13.5. The van der Waals surface area contributed by atoms with Crippen molar-refractivity contribution in [1.29, 1.82) is 0 Å². The maximum atomic E-state index is 13.5. The molecule has 8 heteroatoms. The first-order valence-corrected chi connectivity index (χ1v) is 7.05. The van der Waals surface area contributed by atoms with Gasteiger partial charge in [-0.1, -0.05) is 12.1 Å². The molecule has 0 aliphatic carbocycles. The monoisotopic (exact) mass is 326 g/mol. The molecule has 0 saturated carbocycles. The number of alkyl halides is 3. The van der Waals surface area contributed by atoms with Crippen LogP contribution in [0.15, 0.2) is 36.7 Å². The van der Waals surface area contributed by atoms with E-state index in [1.807, 2.05) is 4.90 Å². The number of aromatic nitrogens is 2. The Morgan fingerprint density at radius 2 is 1.83 bits per heavy atom. The van der Waals surface area contributed by atoms with Crippen LogP contribution in [0.3, 0.4) is 0 Å². The third kappa shape index (κ3) is 3.42. The van der Waals surface area contributed by atoms with Crippen molar-refractivity contribution < 1.29 is 17.6 Å². The van der Waals surface area contributed by atoms with Crippen LogP contribution in [-0.4, -0.2) is 29.1 Å². The van der Waals surface area contributed by atoms with E-state index in [0.717, 1.165) is 6.07 Å². The Bertz CT molecular complexity index is 669. The Hall–Kier alpha value is -2.22. The lowest BCUT2D eigenvalue weighted by molar-refractivity contribution is -0.140. The SMILES string of the molecule is Fc1cccc(CNC2CN(c3ncccn3)C2)c1C(F)(F)F. The van der Waals surface area contributed by atoms with Gasteiger partial charge in [-0.25, -0.2) is 14.4 Å². The average Bonchev–Trinajstić information content (AvgIpc) is 2.45. The molecule has 0 atom stereocenters. The summed E-state index contributed by atoms with van der Waals surface area (Å²) < 4.78 is 52.2. The lowest BCUT2D eigenvalue weighted by Gasteiger charge is -2.39. The number of hydrogen-bond acceptors (Lipinski definition) is 4. The molecule has 2 aromatic rings. The Morgan fingerprint density at radius 3 is 2.48 bits per heavy atom. The summed E-state index contributed by atoms with van der Waals surface area (Å²) >= 11 is 0. The summed E-state index contributed by atoms with van der Waals surface area (Å²) in [5.41, 5.74) is -1.29. The highest BCUT2D eigenvalue weighted by atomic mass is 19.4. The van der Waals surface area contributed by atoms with Crippen LogP contribution in [0.2, 0.25) is 0 Å². The topological polar surface area (TPSA) is 41.0 Å². The Labute approximate surface area is 130 Å². The first-order chi connectivity index (χ1) is 10.9. The van der Waals surface area contributed by atoms with Crippen LogP contribution in [-0.2, 0) is 12.7 Å². The van der Waals surface area contributed by atoms with Gasteiger partial charge in [0, 0.05) is 38.1 Å². The summed E-state index contributed by atoms with van der Waals surface area (Å²) in [4.78, 5) is 10.1. The predicted molar refractivity (Wildman–Crippen MR) is 76.3 cm³/mol. The molecule has 1 aliphatic rings. The van der Waals surface area contributed by atoms with Gasteiger partial charge < -0.3 is 10.2 Å². The number of rotatable bonds is 4. The van der Waals surface area contributed by atoms with Gasteiger partial charge in [0.2, 0.25) is 5.95 Å². The fraction of sp³-hybridized carbons (Fsp3) is 0.333. The summed E-state index contributed by atoms with van der Waals surface area (Å²) in [5.74, 6) is -0.656. The summed E-state index contributed by atoms with van der Waals surface area (Å²) in [6.45, 7) is 1.15. The molecular formula is C15H14F4N4. The van der Waals surface area contributed by atoms with Crippen molar-refractivity contribution >= 4 is 5.95 Å². The molecule has 1 N–H and O–H groups in total. The van der Waals surface area contributed by atoms with E-state index in [-0.39, 0.29) is 18.2 Å². The van der Waals surface area contributed by atoms with Gasteiger partial charge in [-0.15, -0.1) is 0 Å². The van der Waals surface area contributed by atoms with Crippen molar-refractivity contribution in [3.05, 3.63) is 53.6 Å². The standard InChI is InChI=1S/C15H14F4N4/c16-12-4-1-3-10(13(12)15(17,18)19)7-22-11-8-23(9-11)14-20-5-2-6-21-14/h1-6,11,22H,7-9H2. The minimum absolute atomic E-state index is 0.0168. The molecule has 0 amide bonds. The molecule has 122 valence electrons. The normalized spacial score (nSPS) is 15.6. The Kier molecular flexibility index (Phi) is 4.16. The molecule has 1 aromatic carbocycles. The quantitative estimate of drug-likeness (QED) is 0.877. The highest BCUT2D eigenvalue weighted by Crippen LogP contribution is 2.34. The molecule has 3 rings (SSSR count). The fourth-order valence-corrected chi connectivity index (χ4v) is 2.51. The van der Waals surface area contributed by atoms with Gasteiger partial charge in [-0.2, -0.15) is 13.2 Å². The molecule has 23 heavy (non-hydrogen) atoms. The molecule has 0 spiro atoms. The summed E-state index contributed by atoms with van der Waals surface area (Å²) in [7, 11) is 0.